The van der Waals surface area contributed by atoms with E-state index in [2.05, 4.69) is 29.4 Å². The van der Waals surface area contributed by atoms with Gasteiger partial charge in [0.15, 0.2) is 0 Å². The van der Waals surface area contributed by atoms with Gasteiger partial charge < -0.3 is 21.3 Å². The number of nitrogens with two attached hydrogens (primary N) is 1. The lowest BCUT2D eigenvalue weighted by atomic mass is 10.2. The number of carbonyl (C=O) groups is 2. The van der Waals surface area contributed by atoms with Gasteiger partial charge in [-0.05, 0) is 37.4 Å². The maximum Gasteiger partial charge on any atom is 0.251 e. The van der Waals surface area contributed by atoms with Crippen LogP contribution < -0.4 is 16.4 Å². The van der Waals surface area contributed by atoms with Gasteiger partial charge in [-0.15, -0.1) is 0 Å². The molecule has 0 aliphatic carbocycles. The first kappa shape index (κ1) is 17.1. The minimum absolute atomic E-state index is 0.0619. The molecule has 1 rings (SSSR count). The number of hydrogen-bond donors (Lipinski definition) is 3. The average Bonchev–Trinajstić information content (AvgIpc) is 2.52. The SMILES string of the molecule is CCN(CC)CCNC(=O)c1ccc(NC(=O)CN)cc1. The Labute approximate surface area is 125 Å². The second-order valence-corrected chi connectivity index (χ2v) is 4.61. The quantitative estimate of drug-likeness (QED) is 0.656. The summed E-state index contributed by atoms with van der Waals surface area (Å²) in [6.45, 7) is 7.53. The van der Waals surface area contributed by atoms with Crippen molar-refractivity contribution in [3.8, 4) is 0 Å². The number of amides is 2. The van der Waals surface area contributed by atoms with Crippen LogP contribution in [0.25, 0.3) is 0 Å². The molecule has 4 N–H and O–H groups in total. The van der Waals surface area contributed by atoms with Gasteiger partial charge in [-0.1, -0.05) is 13.8 Å². The van der Waals surface area contributed by atoms with Gasteiger partial charge in [-0.2, -0.15) is 0 Å². The van der Waals surface area contributed by atoms with E-state index in [1.54, 1.807) is 24.3 Å². The largest absolute Gasteiger partial charge is 0.351 e. The van der Waals surface area contributed by atoms with Crippen molar-refractivity contribution in [2.24, 2.45) is 5.73 Å². The molecule has 0 saturated carbocycles. The molecule has 2 amide bonds. The Morgan fingerprint density at radius 2 is 1.76 bits per heavy atom. The maximum atomic E-state index is 12.0. The number of rotatable bonds is 8. The molecule has 0 aliphatic heterocycles. The third-order valence-corrected chi connectivity index (χ3v) is 3.22. The van der Waals surface area contributed by atoms with Gasteiger partial charge in [0, 0.05) is 24.3 Å². The Morgan fingerprint density at radius 3 is 2.29 bits per heavy atom. The molecule has 0 atom stereocenters. The molecule has 1 aromatic carbocycles. The highest BCUT2D eigenvalue weighted by Crippen LogP contribution is 2.09. The zero-order chi connectivity index (χ0) is 15.7. The van der Waals surface area contributed by atoms with E-state index >= 15 is 0 Å². The molecule has 0 bridgehead atoms. The molecule has 1 aromatic rings. The van der Waals surface area contributed by atoms with Crippen LogP contribution in [0.1, 0.15) is 24.2 Å². The second kappa shape index (κ2) is 9.10. The molecule has 21 heavy (non-hydrogen) atoms. The van der Waals surface area contributed by atoms with Crippen LogP contribution in [0, 0.1) is 0 Å². The molecule has 6 heteroatoms. The molecule has 116 valence electrons. The highest BCUT2D eigenvalue weighted by Gasteiger charge is 2.06. The van der Waals surface area contributed by atoms with E-state index in [0.717, 1.165) is 19.6 Å². The predicted molar refractivity (Wildman–Crippen MR) is 84.2 cm³/mol. The van der Waals surface area contributed by atoms with E-state index in [0.29, 0.717) is 17.8 Å². The zero-order valence-electron chi connectivity index (χ0n) is 12.7. The smallest absolute Gasteiger partial charge is 0.251 e. The molecule has 0 radical (unpaired) electrons. The van der Waals surface area contributed by atoms with Gasteiger partial charge in [0.25, 0.3) is 5.91 Å². The molecule has 0 spiro atoms. The van der Waals surface area contributed by atoms with E-state index in [1.807, 2.05) is 0 Å². The summed E-state index contributed by atoms with van der Waals surface area (Å²) in [4.78, 5) is 25.3. The minimum atomic E-state index is -0.258. The lowest BCUT2D eigenvalue weighted by molar-refractivity contribution is -0.114. The molecular formula is C15H24N4O2. The van der Waals surface area contributed by atoms with Crippen LogP contribution in [-0.2, 0) is 4.79 Å². The van der Waals surface area contributed by atoms with Crippen molar-refractivity contribution in [2.75, 3.05) is 38.0 Å². The molecular weight excluding hydrogens is 268 g/mol. The maximum absolute atomic E-state index is 12.0. The molecule has 0 fully saturated rings. The minimum Gasteiger partial charge on any atom is -0.351 e. The third-order valence-electron chi connectivity index (χ3n) is 3.22. The fourth-order valence-electron chi connectivity index (χ4n) is 1.89. The number of hydrogen-bond acceptors (Lipinski definition) is 4. The summed E-state index contributed by atoms with van der Waals surface area (Å²) in [5, 5.41) is 5.51. The number of benzene rings is 1. The van der Waals surface area contributed by atoms with E-state index in [9.17, 15) is 9.59 Å². The van der Waals surface area contributed by atoms with Gasteiger partial charge in [-0.25, -0.2) is 0 Å². The van der Waals surface area contributed by atoms with Gasteiger partial charge in [-0.3, -0.25) is 9.59 Å². The molecule has 0 aliphatic rings. The summed E-state index contributed by atoms with van der Waals surface area (Å²) < 4.78 is 0. The van der Waals surface area contributed by atoms with Crippen molar-refractivity contribution in [3.05, 3.63) is 29.8 Å². The lowest BCUT2D eigenvalue weighted by Gasteiger charge is -2.17. The van der Waals surface area contributed by atoms with Crippen molar-refractivity contribution in [3.63, 3.8) is 0 Å². The van der Waals surface area contributed by atoms with Crippen LogP contribution in [0.15, 0.2) is 24.3 Å². The first-order valence-electron chi connectivity index (χ1n) is 7.21. The second-order valence-electron chi connectivity index (χ2n) is 4.61. The van der Waals surface area contributed by atoms with Gasteiger partial charge in [0.2, 0.25) is 5.91 Å². The molecule has 0 unspecified atom stereocenters. The van der Waals surface area contributed by atoms with Gasteiger partial charge in [0.1, 0.15) is 0 Å². The van der Waals surface area contributed by atoms with Crippen LogP contribution in [0.3, 0.4) is 0 Å². The number of anilines is 1. The Kier molecular flexibility index (Phi) is 7.42. The topological polar surface area (TPSA) is 87.5 Å². The summed E-state index contributed by atoms with van der Waals surface area (Å²) in [6, 6.07) is 6.73. The fourth-order valence-corrected chi connectivity index (χ4v) is 1.89. The monoisotopic (exact) mass is 292 g/mol. The van der Waals surface area contributed by atoms with E-state index in [1.165, 1.54) is 0 Å². The molecule has 0 heterocycles. The van der Waals surface area contributed by atoms with Crippen molar-refractivity contribution < 1.29 is 9.59 Å². The lowest BCUT2D eigenvalue weighted by Crippen LogP contribution is -2.34. The first-order valence-corrected chi connectivity index (χ1v) is 7.21. The number of nitrogens with one attached hydrogen (secondary N) is 2. The highest BCUT2D eigenvalue weighted by atomic mass is 16.2. The highest BCUT2D eigenvalue weighted by molar-refractivity contribution is 5.96. The standard InChI is InChI=1S/C15H24N4O2/c1-3-19(4-2)10-9-17-15(21)12-5-7-13(8-6-12)18-14(20)11-16/h5-8H,3-4,9-11,16H2,1-2H3,(H,17,21)(H,18,20). The zero-order valence-corrected chi connectivity index (χ0v) is 12.7. The van der Waals surface area contributed by atoms with E-state index in [4.69, 9.17) is 5.73 Å². The average molecular weight is 292 g/mol. The summed E-state index contributed by atoms with van der Waals surface area (Å²) >= 11 is 0. The van der Waals surface area contributed by atoms with Crippen molar-refractivity contribution in [1.29, 1.82) is 0 Å². The van der Waals surface area contributed by atoms with Crippen molar-refractivity contribution in [2.45, 2.75) is 13.8 Å². The van der Waals surface area contributed by atoms with Crippen LogP contribution >= 0.6 is 0 Å². The molecule has 6 nitrogen and oxygen atoms in total. The Balaban J connectivity index is 2.46. The third kappa shape index (κ3) is 5.93. The van der Waals surface area contributed by atoms with Crippen LogP contribution in [0.5, 0.6) is 0 Å². The summed E-state index contributed by atoms with van der Waals surface area (Å²) in [7, 11) is 0. The fraction of sp³-hybridized carbons (Fsp3) is 0.467. The van der Waals surface area contributed by atoms with Crippen LogP contribution in [0.2, 0.25) is 0 Å². The number of likely N-dealkylation sites (N-methyl/N-ethyl adjacent to an activating group) is 1. The van der Waals surface area contributed by atoms with E-state index < -0.39 is 0 Å². The van der Waals surface area contributed by atoms with E-state index in [-0.39, 0.29) is 18.4 Å². The Hall–Kier alpha value is -1.92. The first-order chi connectivity index (χ1) is 10.1. The molecule has 0 aromatic heterocycles. The normalized spacial score (nSPS) is 10.5. The van der Waals surface area contributed by atoms with Gasteiger partial charge in [0.05, 0.1) is 6.54 Å². The Bertz CT molecular complexity index is 455. The summed E-state index contributed by atoms with van der Waals surface area (Å²) in [5.74, 6) is -0.370. The predicted octanol–water partition coefficient (Wildman–Crippen LogP) is 0.655. The number of nitrogens with zero attached hydrogens (tertiary/aromatic N) is 1. The summed E-state index contributed by atoms with van der Waals surface area (Å²) in [6.07, 6.45) is 0. The van der Waals surface area contributed by atoms with Crippen molar-refractivity contribution in [1.82, 2.24) is 10.2 Å². The van der Waals surface area contributed by atoms with Crippen molar-refractivity contribution >= 4 is 17.5 Å². The number of carbonyl (C=O) groups excluding carboxylic acids is 2. The summed E-state index contributed by atoms with van der Waals surface area (Å²) in [5.41, 5.74) is 6.42. The Morgan fingerprint density at radius 1 is 1.14 bits per heavy atom. The van der Waals surface area contributed by atoms with Crippen LogP contribution in [-0.4, -0.2) is 49.4 Å². The molecule has 0 saturated heterocycles. The van der Waals surface area contributed by atoms with Gasteiger partial charge >= 0.3 is 0 Å². The van der Waals surface area contributed by atoms with Crippen LogP contribution in [0.4, 0.5) is 5.69 Å².